The van der Waals surface area contributed by atoms with Gasteiger partial charge in [0.2, 0.25) is 5.91 Å². The molecule has 3 fully saturated rings. The highest BCUT2D eigenvalue weighted by atomic mass is 35.5. The van der Waals surface area contributed by atoms with Gasteiger partial charge in [0.05, 0.1) is 35.0 Å². The Hall–Kier alpha value is -2.17. The number of nitrogens with zero attached hydrogens (tertiary/aromatic N) is 3. The third kappa shape index (κ3) is 2.44. The number of aromatic nitrogens is 3. The van der Waals surface area contributed by atoms with Crippen LogP contribution < -0.4 is 5.32 Å². The summed E-state index contributed by atoms with van der Waals surface area (Å²) in [6.07, 6.45) is -3.96. The second kappa shape index (κ2) is 5.95. The topological polar surface area (TPSA) is 89.3 Å². The molecule has 2 aromatic heterocycles. The molecule has 2 aliphatic heterocycles. The van der Waals surface area contributed by atoms with Crippen LogP contribution in [0.1, 0.15) is 29.7 Å². The molecular formula is C19H18ClF3N4O3. The van der Waals surface area contributed by atoms with Gasteiger partial charge in [0, 0.05) is 30.6 Å². The van der Waals surface area contributed by atoms with Crippen molar-refractivity contribution >= 4 is 23.3 Å². The summed E-state index contributed by atoms with van der Waals surface area (Å²) in [6.45, 7) is 1.82. The Balaban J connectivity index is 1.52. The van der Waals surface area contributed by atoms with E-state index in [1.54, 1.807) is 17.9 Å². The molecule has 3 aliphatic rings. The van der Waals surface area contributed by atoms with Crippen LogP contribution in [0.15, 0.2) is 18.3 Å². The molecule has 4 heterocycles. The van der Waals surface area contributed by atoms with Gasteiger partial charge in [-0.05, 0) is 25.5 Å². The maximum atomic E-state index is 13.4. The summed E-state index contributed by atoms with van der Waals surface area (Å²) in [7, 11) is 1.76. The van der Waals surface area contributed by atoms with Gasteiger partial charge in [0.1, 0.15) is 11.0 Å². The summed E-state index contributed by atoms with van der Waals surface area (Å²) in [5.74, 6) is -0.769. The molecule has 0 radical (unpaired) electrons. The molecule has 11 heteroatoms. The Bertz CT molecular complexity index is 1070. The molecule has 1 saturated carbocycles. The van der Waals surface area contributed by atoms with Crippen LogP contribution in [0.4, 0.5) is 19.0 Å². The molecule has 0 unspecified atom stereocenters. The molecule has 1 amide bonds. The zero-order chi connectivity index (χ0) is 21.6. The fourth-order valence-corrected chi connectivity index (χ4v) is 5.70. The van der Waals surface area contributed by atoms with Crippen LogP contribution in [-0.4, -0.2) is 44.1 Å². The lowest BCUT2D eigenvalue weighted by Crippen LogP contribution is -2.44. The third-order valence-electron chi connectivity index (χ3n) is 6.64. The van der Waals surface area contributed by atoms with E-state index in [1.165, 1.54) is 0 Å². The predicted molar refractivity (Wildman–Crippen MR) is 98.8 cm³/mol. The first-order valence-electron chi connectivity index (χ1n) is 9.39. The van der Waals surface area contributed by atoms with Gasteiger partial charge < -0.3 is 15.2 Å². The summed E-state index contributed by atoms with van der Waals surface area (Å²) < 4.78 is 46.9. The number of amides is 1. The van der Waals surface area contributed by atoms with E-state index in [2.05, 4.69) is 15.4 Å². The number of anilines is 1. The maximum Gasteiger partial charge on any atom is 0.416 e. The number of halogens is 4. The van der Waals surface area contributed by atoms with Crippen LogP contribution in [0.5, 0.6) is 0 Å². The van der Waals surface area contributed by atoms with E-state index < -0.39 is 46.8 Å². The minimum absolute atomic E-state index is 0.277. The monoisotopic (exact) mass is 442 g/mol. The number of carbonyl (C=O) groups is 1. The average molecular weight is 443 g/mol. The van der Waals surface area contributed by atoms with E-state index in [0.717, 1.165) is 17.3 Å². The standard InChI is InChI=1S/C19H18ClF3N4O3/c1-8-10(6-27(2)26-8)17-7-18(17,12-5-11(28)15(17)30-12)16(29)25-14-4-9(19(21,22)23)3-13(20)24-14/h3-4,6,11-12,15,28H,5,7H2,1-2H3,(H,24,25,29)/t11-,12+,15-,17+,18+/m0/s1. The first-order chi connectivity index (χ1) is 14.0. The van der Waals surface area contributed by atoms with Crippen LogP contribution in [0, 0.1) is 12.3 Å². The lowest BCUT2D eigenvalue weighted by atomic mass is 9.74. The van der Waals surface area contributed by atoms with Crippen molar-refractivity contribution in [3.8, 4) is 0 Å². The van der Waals surface area contributed by atoms with E-state index >= 15 is 0 Å². The smallest absolute Gasteiger partial charge is 0.390 e. The number of carbonyl (C=O) groups excluding carboxylic acids is 1. The Kier molecular flexibility index (Phi) is 3.92. The van der Waals surface area contributed by atoms with Crippen molar-refractivity contribution in [1.29, 1.82) is 0 Å². The Morgan fingerprint density at radius 3 is 2.80 bits per heavy atom. The normalized spacial score (nSPS) is 34.2. The van der Waals surface area contributed by atoms with Crippen molar-refractivity contribution in [3.05, 3.63) is 40.3 Å². The van der Waals surface area contributed by atoms with Crippen LogP contribution >= 0.6 is 11.6 Å². The van der Waals surface area contributed by atoms with Gasteiger partial charge in [-0.25, -0.2) is 4.98 Å². The van der Waals surface area contributed by atoms with Gasteiger partial charge in [-0.2, -0.15) is 18.3 Å². The lowest BCUT2D eigenvalue weighted by Gasteiger charge is -2.29. The molecule has 1 aliphatic carbocycles. The van der Waals surface area contributed by atoms with E-state index in [1.807, 2.05) is 6.92 Å². The fraction of sp³-hybridized carbons (Fsp3) is 0.526. The molecule has 0 aromatic carbocycles. The summed E-state index contributed by atoms with van der Waals surface area (Å²) in [5, 5.41) is 16.9. The van der Waals surface area contributed by atoms with Crippen molar-refractivity contribution in [2.24, 2.45) is 12.5 Å². The molecule has 7 nitrogen and oxygen atoms in total. The number of pyridine rings is 1. The Morgan fingerprint density at radius 1 is 1.43 bits per heavy atom. The molecular weight excluding hydrogens is 425 g/mol. The zero-order valence-electron chi connectivity index (χ0n) is 16.0. The number of fused-ring (bicyclic) bond motifs is 5. The summed E-state index contributed by atoms with van der Waals surface area (Å²) in [5.41, 5.74) is -1.26. The zero-order valence-corrected chi connectivity index (χ0v) is 16.8. The number of rotatable bonds is 3. The number of aliphatic hydroxyl groups excluding tert-OH is 1. The maximum absolute atomic E-state index is 13.4. The molecule has 0 spiro atoms. The highest BCUT2D eigenvalue weighted by Gasteiger charge is 2.87. The van der Waals surface area contributed by atoms with Crippen molar-refractivity contribution in [1.82, 2.24) is 14.8 Å². The number of aryl methyl sites for hydroxylation is 2. The van der Waals surface area contributed by atoms with Crippen LogP contribution in [0.25, 0.3) is 0 Å². The van der Waals surface area contributed by atoms with Gasteiger partial charge in [-0.15, -0.1) is 0 Å². The van der Waals surface area contributed by atoms with Crippen LogP contribution in [0.3, 0.4) is 0 Å². The first kappa shape index (κ1) is 19.8. The molecule has 2 N–H and O–H groups in total. The highest BCUT2D eigenvalue weighted by molar-refractivity contribution is 6.29. The van der Waals surface area contributed by atoms with Gasteiger partial charge in [-0.1, -0.05) is 11.6 Å². The highest BCUT2D eigenvalue weighted by Crippen LogP contribution is 2.78. The SMILES string of the molecule is Cc1nn(C)cc1[C@@]12C[C@]1(C(=O)Nc1cc(C(F)(F)F)cc(Cl)n1)[C@H]1C[C@H](O)[C@@H]2O1. The molecule has 2 aromatic rings. The molecule has 5 rings (SSSR count). The van der Waals surface area contributed by atoms with Gasteiger partial charge in [0.25, 0.3) is 0 Å². The number of nitrogens with one attached hydrogen (secondary N) is 1. The minimum Gasteiger partial charge on any atom is -0.390 e. The molecule has 5 atom stereocenters. The number of ether oxygens (including phenoxy) is 1. The number of hydrogen-bond donors (Lipinski definition) is 2. The first-order valence-corrected chi connectivity index (χ1v) is 9.77. The van der Waals surface area contributed by atoms with E-state index in [9.17, 15) is 23.1 Å². The van der Waals surface area contributed by atoms with E-state index in [4.69, 9.17) is 16.3 Å². The van der Waals surface area contributed by atoms with Crippen molar-refractivity contribution in [3.63, 3.8) is 0 Å². The van der Waals surface area contributed by atoms with E-state index in [0.29, 0.717) is 12.5 Å². The second-order valence-electron chi connectivity index (χ2n) is 8.29. The summed E-state index contributed by atoms with van der Waals surface area (Å²) in [4.78, 5) is 17.2. The second-order valence-corrected chi connectivity index (χ2v) is 8.67. The van der Waals surface area contributed by atoms with Crippen molar-refractivity contribution in [2.75, 3.05) is 5.32 Å². The minimum atomic E-state index is -4.62. The fourth-order valence-electron chi connectivity index (χ4n) is 5.49. The van der Waals surface area contributed by atoms with Gasteiger partial charge in [-0.3, -0.25) is 9.48 Å². The number of aliphatic hydroxyl groups is 1. The molecule has 2 bridgehead atoms. The largest absolute Gasteiger partial charge is 0.416 e. The predicted octanol–water partition coefficient (Wildman–Crippen LogP) is 2.59. The Labute approximate surface area is 174 Å². The number of hydrogen-bond acceptors (Lipinski definition) is 5. The lowest BCUT2D eigenvalue weighted by molar-refractivity contribution is -0.137. The van der Waals surface area contributed by atoms with Crippen molar-refractivity contribution < 1.29 is 27.8 Å². The summed E-state index contributed by atoms with van der Waals surface area (Å²) >= 11 is 5.74. The molecule has 2 saturated heterocycles. The van der Waals surface area contributed by atoms with Crippen molar-refractivity contribution in [2.45, 2.75) is 49.7 Å². The van der Waals surface area contributed by atoms with Crippen LogP contribution in [0.2, 0.25) is 5.15 Å². The Morgan fingerprint density at radius 2 is 2.17 bits per heavy atom. The summed E-state index contributed by atoms with van der Waals surface area (Å²) in [6, 6.07) is 1.45. The quantitative estimate of drug-likeness (QED) is 0.713. The average Bonchev–Trinajstić information content (AvgIpc) is 2.85. The molecule has 160 valence electrons. The van der Waals surface area contributed by atoms with Crippen LogP contribution in [-0.2, 0) is 28.2 Å². The third-order valence-corrected chi connectivity index (χ3v) is 6.84. The van der Waals surface area contributed by atoms with Gasteiger partial charge >= 0.3 is 6.18 Å². The van der Waals surface area contributed by atoms with E-state index in [-0.39, 0.29) is 17.4 Å². The molecule has 30 heavy (non-hydrogen) atoms. The van der Waals surface area contributed by atoms with Gasteiger partial charge in [0.15, 0.2) is 0 Å². The number of alkyl halides is 3.